The van der Waals surface area contributed by atoms with Crippen molar-refractivity contribution in [3.05, 3.63) is 35.4 Å². The van der Waals surface area contributed by atoms with Gasteiger partial charge in [-0.2, -0.15) is 0 Å². The Balaban J connectivity index is 1.78. The van der Waals surface area contributed by atoms with Gasteiger partial charge in [-0.1, -0.05) is 24.3 Å². The van der Waals surface area contributed by atoms with E-state index in [1.807, 2.05) is 0 Å². The van der Waals surface area contributed by atoms with Crippen LogP contribution in [0.5, 0.6) is 0 Å². The van der Waals surface area contributed by atoms with E-state index in [0.717, 1.165) is 32.7 Å². The highest BCUT2D eigenvalue weighted by Crippen LogP contribution is 2.30. The van der Waals surface area contributed by atoms with E-state index in [2.05, 4.69) is 55.3 Å². The number of benzene rings is 1. The number of fused-ring (bicyclic) bond motifs is 1. The molecule has 0 spiro atoms. The monoisotopic (exact) mass is 274 g/mol. The van der Waals surface area contributed by atoms with Gasteiger partial charge in [0.25, 0.3) is 0 Å². The summed E-state index contributed by atoms with van der Waals surface area (Å²) < 4.78 is 6.07. The average molecular weight is 274 g/mol. The predicted molar refractivity (Wildman–Crippen MR) is 82.0 cm³/mol. The maximum absolute atomic E-state index is 6.07. The third-order valence-corrected chi connectivity index (χ3v) is 4.71. The molecular formula is C17H26N2O. The largest absolute Gasteiger partial charge is 0.372 e. The van der Waals surface area contributed by atoms with Gasteiger partial charge in [0, 0.05) is 31.2 Å². The van der Waals surface area contributed by atoms with Crippen molar-refractivity contribution in [3.63, 3.8) is 0 Å². The molecule has 1 N–H and O–H groups in total. The molecule has 2 atom stereocenters. The second kappa shape index (κ2) is 5.47. The average Bonchev–Trinajstić information content (AvgIpc) is 2.44. The molecule has 1 fully saturated rings. The first-order chi connectivity index (χ1) is 9.56. The number of nitrogens with zero attached hydrogens (tertiary/aromatic N) is 1. The minimum Gasteiger partial charge on any atom is -0.372 e. The van der Waals surface area contributed by atoms with Crippen LogP contribution in [0, 0.1) is 0 Å². The zero-order valence-corrected chi connectivity index (χ0v) is 12.9. The Bertz CT molecular complexity index is 472. The van der Waals surface area contributed by atoms with E-state index in [4.69, 9.17) is 4.74 Å². The first kappa shape index (κ1) is 14.1. The third-order valence-electron chi connectivity index (χ3n) is 4.71. The summed E-state index contributed by atoms with van der Waals surface area (Å²) in [5, 5.41) is 3.58. The molecule has 3 heteroatoms. The maximum atomic E-state index is 6.07. The Labute approximate surface area is 122 Å². The highest BCUT2D eigenvalue weighted by Gasteiger charge is 2.35. The van der Waals surface area contributed by atoms with Gasteiger partial charge in [0.05, 0.1) is 12.7 Å². The molecule has 0 bridgehead atoms. The van der Waals surface area contributed by atoms with E-state index in [0.29, 0.717) is 6.04 Å². The summed E-state index contributed by atoms with van der Waals surface area (Å²) >= 11 is 0. The van der Waals surface area contributed by atoms with Crippen LogP contribution in [0.3, 0.4) is 0 Å². The summed E-state index contributed by atoms with van der Waals surface area (Å²) in [6.07, 6.45) is 1.28. The molecule has 2 aliphatic rings. The molecule has 0 radical (unpaired) electrons. The molecule has 1 aromatic carbocycles. The fourth-order valence-corrected chi connectivity index (χ4v) is 3.33. The lowest BCUT2D eigenvalue weighted by Crippen LogP contribution is -2.62. The van der Waals surface area contributed by atoms with Crippen LogP contribution in [0.4, 0.5) is 0 Å². The van der Waals surface area contributed by atoms with Crippen LogP contribution in [0.1, 0.15) is 38.0 Å². The van der Waals surface area contributed by atoms with E-state index in [-0.39, 0.29) is 11.6 Å². The van der Waals surface area contributed by atoms with Crippen LogP contribution in [0.25, 0.3) is 0 Å². The summed E-state index contributed by atoms with van der Waals surface area (Å²) in [6.45, 7) is 10.9. The van der Waals surface area contributed by atoms with Crippen molar-refractivity contribution >= 4 is 0 Å². The van der Waals surface area contributed by atoms with Crippen LogP contribution in [-0.2, 0) is 11.2 Å². The van der Waals surface area contributed by atoms with Gasteiger partial charge >= 0.3 is 0 Å². The van der Waals surface area contributed by atoms with Gasteiger partial charge in [-0.3, -0.25) is 4.90 Å². The molecule has 20 heavy (non-hydrogen) atoms. The van der Waals surface area contributed by atoms with Crippen LogP contribution < -0.4 is 5.32 Å². The zero-order valence-electron chi connectivity index (χ0n) is 12.9. The molecule has 0 aromatic heterocycles. The second-order valence-corrected chi connectivity index (χ2v) is 6.81. The Kier molecular flexibility index (Phi) is 3.85. The molecule has 0 amide bonds. The van der Waals surface area contributed by atoms with E-state index < -0.39 is 0 Å². The number of rotatable bonds is 2. The lowest BCUT2D eigenvalue weighted by molar-refractivity contribution is -0.0228. The Hall–Kier alpha value is -0.900. The van der Waals surface area contributed by atoms with E-state index in [1.165, 1.54) is 11.1 Å². The minimum atomic E-state index is 0.197. The molecule has 1 aromatic rings. The zero-order chi connectivity index (χ0) is 14.2. The van der Waals surface area contributed by atoms with Gasteiger partial charge in [-0.05, 0) is 38.3 Å². The summed E-state index contributed by atoms with van der Waals surface area (Å²) in [5.41, 5.74) is 3.05. The van der Waals surface area contributed by atoms with Gasteiger partial charge in [-0.15, -0.1) is 0 Å². The first-order valence-corrected chi connectivity index (χ1v) is 7.74. The number of ether oxygens (including phenoxy) is 1. The van der Waals surface area contributed by atoms with E-state index in [9.17, 15) is 0 Å². The first-order valence-electron chi connectivity index (χ1n) is 7.74. The van der Waals surface area contributed by atoms with Crippen LogP contribution in [-0.4, -0.2) is 42.7 Å². The molecule has 0 saturated carbocycles. The Morgan fingerprint density at radius 3 is 3.00 bits per heavy atom. The van der Waals surface area contributed by atoms with Crippen molar-refractivity contribution in [2.75, 3.05) is 26.2 Å². The van der Waals surface area contributed by atoms with Crippen molar-refractivity contribution in [1.82, 2.24) is 10.2 Å². The highest BCUT2D eigenvalue weighted by molar-refractivity contribution is 5.31. The molecule has 1 saturated heterocycles. The van der Waals surface area contributed by atoms with E-state index in [1.54, 1.807) is 0 Å². The molecule has 3 nitrogen and oxygen atoms in total. The van der Waals surface area contributed by atoms with E-state index >= 15 is 0 Å². The summed E-state index contributed by atoms with van der Waals surface area (Å²) in [5.74, 6) is 0. The highest BCUT2D eigenvalue weighted by atomic mass is 16.5. The Morgan fingerprint density at radius 2 is 2.15 bits per heavy atom. The number of hydrogen-bond acceptors (Lipinski definition) is 3. The topological polar surface area (TPSA) is 24.5 Å². The fraction of sp³-hybridized carbons (Fsp3) is 0.647. The van der Waals surface area contributed by atoms with Crippen molar-refractivity contribution in [2.24, 2.45) is 0 Å². The molecule has 3 rings (SSSR count). The number of piperazine rings is 1. The second-order valence-electron chi connectivity index (χ2n) is 6.81. The summed E-state index contributed by atoms with van der Waals surface area (Å²) in [6, 6.07) is 9.31. The van der Waals surface area contributed by atoms with Crippen LogP contribution in [0.15, 0.2) is 24.3 Å². The van der Waals surface area contributed by atoms with Gasteiger partial charge < -0.3 is 10.1 Å². The van der Waals surface area contributed by atoms with Crippen LogP contribution >= 0.6 is 0 Å². The maximum Gasteiger partial charge on any atom is 0.0954 e. The third kappa shape index (κ3) is 2.76. The van der Waals surface area contributed by atoms with Crippen LogP contribution in [0.2, 0.25) is 0 Å². The molecule has 110 valence electrons. The smallest absolute Gasteiger partial charge is 0.0954 e. The van der Waals surface area contributed by atoms with Crippen molar-refractivity contribution in [2.45, 2.75) is 44.9 Å². The minimum absolute atomic E-state index is 0.197. The molecule has 2 aliphatic heterocycles. The SMILES string of the molecule is CC1CN(CC2OCCc3ccccc32)C(C)(C)CN1. The van der Waals surface area contributed by atoms with Crippen molar-refractivity contribution in [3.8, 4) is 0 Å². The molecule has 2 heterocycles. The van der Waals surface area contributed by atoms with Crippen molar-refractivity contribution in [1.29, 1.82) is 0 Å². The fourth-order valence-electron chi connectivity index (χ4n) is 3.33. The normalized spacial score (nSPS) is 29.9. The van der Waals surface area contributed by atoms with Gasteiger partial charge in [0.2, 0.25) is 0 Å². The number of hydrogen-bond donors (Lipinski definition) is 1. The van der Waals surface area contributed by atoms with Gasteiger partial charge in [0.15, 0.2) is 0 Å². The summed E-state index contributed by atoms with van der Waals surface area (Å²) in [4.78, 5) is 2.58. The van der Waals surface area contributed by atoms with Crippen molar-refractivity contribution < 1.29 is 4.74 Å². The standard InChI is InChI=1S/C17H26N2O/c1-13-10-19(17(2,3)12-18-13)11-16-15-7-5-4-6-14(15)8-9-20-16/h4-7,13,16,18H,8-12H2,1-3H3. The molecular weight excluding hydrogens is 248 g/mol. The lowest BCUT2D eigenvalue weighted by atomic mass is 9.93. The van der Waals surface area contributed by atoms with Gasteiger partial charge in [-0.25, -0.2) is 0 Å². The van der Waals surface area contributed by atoms with Gasteiger partial charge in [0.1, 0.15) is 0 Å². The lowest BCUT2D eigenvalue weighted by Gasteiger charge is -2.47. The number of nitrogens with one attached hydrogen (secondary N) is 1. The quantitative estimate of drug-likeness (QED) is 0.896. The Morgan fingerprint density at radius 1 is 1.35 bits per heavy atom. The molecule has 0 aliphatic carbocycles. The summed E-state index contributed by atoms with van der Waals surface area (Å²) in [7, 11) is 0. The predicted octanol–water partition coefficient (Wildman–Crippen LogP) is 2.37. The molecule has 2 unspecified atom stereocenters.